The maximum atomic E-state index is 4.15. The van der Waals surface area contributed by atoms with Crippen LogP contribution in [-0.2, 0) is 7.05 Å². The third-order valence-electron chi connectivity index (χ3n) is 1.32. The van der Waals surface area contributed by atoms with Crippen LogP contribution in [0.25, 0.3) is 10.3 Å². The lowest BCUT2D eigenvalue weighted by atomic mass is 10.6. The maximum Gasteiger partial charge on any atom is 0.122 e. The van der Waals surface area contributed by atoms with Gasteiger partial charge < -0.3 is 4.57 Å². The largest absolute Gasteiger partial charge is 0.325 e. The van der Waals surface area contributed by atoms with E-state index in [1.165, 1.54) is 4.83 Å². The Kier molecular flexibility index (Phi) is 0.873. The molecule has 0 spiro atoms. The minimum atomic E-state index is 1.10. The second kappa shape index (κ2) is 1.57. The molecule has 3 heteroatoms. The normalized spacial score (nSPS) is 10.8. The van der Waals surface area contributed by atoms with Gasteiger partial charge in [-0.1, -0.05) is 0 Å². The van der Waals surface area contributed by atoms with Crippen LogP contribution in [0.15, 0.2) is 17.8 Å². The van der Waals surface area contributed by atoms with Crippen molar-refractivity contribution < 1.29 is 0 Å². The second-order valence-electron chi connectivity index (χ2n) is 1.97. The maximum absolute atomic E-state index is 4.15. The number of hydrogen-bond donors (Lipinski definition) is 0. The molecular weight excluding hydrogens is 132 g/mol. The number of imidazole rings is 1. The van der Waals surface area contributed by atoms with Gasteiger partial charge >= 0.3 is 0 Å². The number of fused-ring (bicyclic) bond motifs is 1. The van der Waals surface area contributed by atoms with E-state index in [9.17, 15) is 0 Å². The molecular formula is C6H6N2S. The number of aryl methyl sites for hydroxylation is 1. The number of rotatable bonds is 0. The van der Waals surface area contributed by atoms with E-state index in [4.69, 9.17) is 0 Å². The van der Waals surface area contributed by atoms with Crippen molar-refractivity contribution >= 4 is 21.7 Å². The molecule has 9 heavy (non-hydrogen) atoms. The van der Waals surface area contributed by atoms with Gasteiger partial charge in [-0.3, -0.25) is 0 Å². The van der Waals surface area contributed by atoms with Crippen LogP contribution in [0.4, 0.5) is 0 Å². The van der Waals surface area contributed by atoms with Gasteiger partial charge in [-0.25, -0.2) is 4.98 Å². The summed E-state index contributed by atoms with van der Waals surface area (Å²) in [5.74, 6) is 0. The third-order valence-corrected chi connectivity index (χ3v) is 2.31. The van der Waals surface area contributed by atoms with Crippen LogP contribution in [0, 0.1) is 0 Å². The summed E-state index contributed by atoms with van der Waals surface area (Å²) in [4.78, 5) is 5.40. The van der Waals surface area contributed by atoms with Crippen molar-refractivity contribution in [3.63, 3.8) is 0 Å². The van der Waals surface area contributed by atoms with Gasteiger partial charge in [0.1, 0.15) is 4.83 Å². The summed E-state index contributed by atoms with van der Waals surface area (Å²) in [6, 6.07) is 2.03. The molecule has 0 saturated carbocycles. The van der Waals surface area contributed by atoms with E-state index in [0.29, 0.717) is 0 Å². The molecule has 2 nitrogen and oxygen atoms in total. The van der Waals surface area contributed by atoms with E-state index in [1.807, 2.05) is 24.0 Å². The minimum absolute atomic E-state index is 1.10. The molecule has 2 aromatic rings. The van der Waals surface area contributed by atoms with E-state index in [-0.39, 0.29) is 0 Å². The van der Waals surface area contributed by atoms with Crippen molar-refractivity contribution in [2.45, 2.75) is 0 Å². The van der Waals surface area contributed by atoms with Gasteiger partial charge in [0.25, 0.3) is 0 Å². The van der Waals surface area contributed by atoms with Crippen LogP contribution >= 0.6 is 11.3 Å². The topological polar surface area (TPSA) is 17.8 Å². The molecule has 46 valence electrons. The zero-order valence-corrected chi connectivity index (χ0v) is 5.85. The lowest BCUT2D eigenvalue weighted by molar-refractivity contribution is 0.954. The summed E-state index contributed by atoms with van der Waals surface area (Å²) in [6.45, 7) is 0. The van der Waals surface area contributed by atoms with Crippen molar-refractivity contribution in [1.82, 2.24) is 9.55 Å². The van der Waals surface area contributed by atoms with E-state index in [0.717, 1.165) is 5.52 Å². The summed E-state index contributed by atoms with van der Waals surface area (Å²) >= 11 is 1.72. The van der Waals surface area contributed by atoms with E-state index < -0.39 is 0 Å². The average Bonchev–Trinajstić information content (AvgIpc) is 2.35. The van der Waals surface area contributed by atoms with E-state index in [1.54, 1.807) is 11.3 Å². The second-order valence-corrected chi connectivity index (χ2v) is 2.86. The van der Waals surface area contributed by atoms with Gasteiger partial charge in [-0.15, -0.1) is 11.3 Å². The summed E-state index contributed by atoms with van der Waals surface area (Å²) in [6.07, 6.45) is 1.83. The van der Waals surface area contributed by atoms with Crippen molar-refractivity contribution in [2.24, 2.45) is 7.05 Å². The predicted molar refractivity (Wildman–Crippen MR) is 38.6 cm³/mol. The summed E-state index contributed by atoms with van der Waals surface area (Å²) in [5, 5.41) is 2.05. The highest BCUT2D eigenvalue weighted by atomic mass is 32.1. The number of nitrogens with zero attached hydrogens (tertiary/aromatic N) is 2. The van der Waals surface area contributed by atoms with Gasteiger partial charge in [0, 0.05) is 7.05 Å². The molecule has 0 saturated heterocycles. The third kappa shape index (κ3) is 0.580. The smallest absolute Gasteiger partial charge is 0.122 e. The Morgan fingerprint density at radius 1 is 1.67 bits per heavy atom. The lowest BCUT2D eigenvalue weighted by Gasteiger charge is -1.83. The van der Waals surface area contributed by atoms with Gasteiger partial charge in [0.2, 0.25) is 0 Å². The minimum Gasteiger partial charge on any atom is -0.325 e. The van der Waals surface area contributed by atoms with E-state index in [2.05, 4.69) is 10.4 Å². The molecule has 0 amide bonds. The highest BCUT2D eigenvalue weighted by Gasteiger charge is 1.96. The molecule has 0 atom stereocenters. The van der Waals surface area contributed by atoms with Crippen LogP contribution in [-0.4, -0.2) is 9.55 Å². The highest BCUT2D eigenvalue weighted by molar-refractivity contribution is 7.16. The fourth-order valence-electron chi connectivity index (χ4n) is 0.858. The van der Waals surface area contributed by atoms with Gasteiger partial charge in [0.15, 0.2) is 0 Å². The van der Waals surface area contributed by atoms with E-state index >= 15 is 0 Å². The molecule has 0 unspecified atom stereocenters. The first-order chi connectivity index (χ1) is 4.38. The zero-order valence-electron chi connectivity index (χ0n) is 5.03. The van der Waals surface area contributed by atoms with Crippen molar-refractivity contribution in [3.8, 4) is 0 Å². The number of aromatic nitrogens is 2. The summed E-state index contributed by atoms with van der Waals surface area (Å²) < 4.78 is 2.03. The predicted octanol–water partition coefficient (Wildman–Crippen LogP) is 1.63. The van der Waals surface area contributed by atoms with Crippen LogP contribution in [0.2, 0.25) is 0 Å². The van der Waals surface area contributed by atoms with Crippen molar-refractivity contribution in [1.29, 1.82) is 0 Å². The summed E-state index contributed by atoms with van der Waals surface area (Å²) in [7, 11) is 2.01. The van der Waals surface area contributed by atoms with Crippen LogP contribution in [0.1, 0.15) is 0 Å². The molecule has 0 aliphatic heterocycles. The van der Waals surface area contributed by atoms with Crippen molar-refractivity contribution in [3.05, 3.63) is 17.8 Å². The molecule has 0 radical (unpaired) electrons. The number of thiophene rings is 1. The Hall–Kier alpha value is -0.830. The summed E-state index contributed by atoms with van der Waals surface area (Å²) in [5.41, 5.74) is 1.10. The molecule has 0 fully saturated rings. The molecule has 0 aliphatic rings. The molecule has 0 N–H and O–H groups in total. The highest BCUT2D eigenvalue weighted by Crippen LogP contribution is 2.17. The average molecular weight is 138 g/mol. The fraction of sp³-hybridized carbons (Fsp3) is 0.167. The first kappa shape index (κ1) is 4.99. The molecule has 2 rings (SSSR count). The Morgan fingerprint density at radius 2 is 2.56 bits per heavy atom. The fourth-order valence-corrected chi connectivity index (χ4v) is 1.64. The van der Waals surface area contributed by atoms with Gasteiger partial charge in [0.05, 0.1) is 11.8 Å². The first-order valence-electron chi connectivity index (χ1n) is 2.72. The molecule has 0 aliphatic carbocycles. The van der Waals surface area contributed by atoms with Gasteiger partial charge in [-0.05, 0) is 11.4 Å². The quantitative estimate of drug-likeness (QED) is 0.541. The van der Waals surface area contributed by atoms with Crippen LogP contribution < -0.4 is 0 Å². The molecule has 2 heterocycles. The number of hydrogen-bond acceptors (Lipinski definition) is 2. The standard InChI is InChI=1S/C6H6N2S/c1-8-4-7-5-2-3-9-6(5)8/h2-4H,1H3. The zero-order chi connectivity index (χ0) is 6.27. The van der Waals surface area contributed by atoms with Gasteiger partial charge in [-0.2, -0.15) is 0 Å². The Balaban J connectivity index is 2.99. The van der Waals surface area contributed by atoms with Crippen molar-refractivity contribution in [2.75, 3.05) is 0 Å². The Labute approximate surface area is 56.8 Å². The molecule has 0 aromatic carbocycles. The first-order valence-corrected chi connectivity index (χ1v) is 3.60. The van der Waals surface area contributed by atoms with Crippen LogP contribution in [0.3, 0.4) is 0 Å². The van der Waals surface area contributed by atoms with Crippen LogP contribution in [0.5, 0.6) is 0 Å². The monoisotopic (exact) mass is 138 g/mol. The molecule has 2 aromatic heterocycles. The SMILES string of the molecule is Cn1cnc2ccsc21. The lowest BCUT2D eigenvalue weighted by Crippen LogP contribution is -1.78. The molecule has 0 bridgehead atoms. The Bertz CT molecular complexity index is 320. The Morgan fingerprint density at radius 3 is 3.33 bits per heavy atom.